The summed E-state index contributed by atoms with van der Waals surface area (Å²) in [5.41, 5.74) is 0.769. The molecule has 64 valence electrons. The summed E-state index contributed by atoms with van der Waals surface area (Å²) in [6.45, 7) is 0. The average Bonchev–Trinajstić information content (AvgIpc) is 2.55. The van der Waals surface area contributed by atoms with Crippen molar-refractivity contribution in [3.63, 3.8) is 0 Å². The number of hydrogen-bond acceptors (Lipinski definition) is 2. The third-order valence-electron chi connectivity index (χ3n) is 1.75. The van der Waals surface area contributed by atoms with Crippen molar-refractivity contribution in [2.45, 2.75) is 0 Å². The first-order valence-electron chi connectivity index (χ1n) is 3.49. The van der Waals surface area contributed by atoms with Gasteiger partial charge in [0.25, 0.3) is 0 Å². The summed E-state index contributed by atoms with van der Waals surface area (Å²) >= 11 is 7.32. The molecule has 0 amide bonds. The van der Waals surface area contributed by atoms with Crippen LogP contribution in [0.5, 0.6) is 0 Å². The van der Waals surface area contributed by atoms with E-state index in [1.165, 1.54) is 4.70 Å². The van der Waals surface area contributed by atoms with Gasteiger partial charge >= 0.3 is 0 Å². The molecule has 0 spiro atoms. The van der Waals surface area contributed by atoms with Gasteiger partial charge in [0.05, 0.1) is 5.56 Å². The highest BCUT2D eigenvalue weighted by atomic mass is 127. The van der Waals surface area contributed by atoms with Crippen molar-refractivity contribution in [1.29, 1.82) is 5.26 Å². The molecule has 4 heteroatoms. The Kier molecular flexibility index (Phi) is 2.58. The molecule has 0 aliphatic carbocycles. The zero-order valence-corrected chi connectivity index (χ0v) is 10.9. The Morgan fingerprint density at radius 3 is 2.92 bits per heavy atom. The molecule has 0 aliphatic rings. The van der Waals surface area contributed by atoms with Crippen molar-refractivity contribution >= 4 is 59.9 Å². The molecule has 2 rings (SSSR count). The number of nitriles is 1. The molecule has 0 radical (unpaired) electrons. The number of hydrogen-bond donors (Lipinski definition) is 0. The summed E-state index contributed by atoms with van der Waals surface area (Å²) in [7, 11) is 0. The maximum absolute atomic E-state index is 8.88. The van der Waals surface area contributed by atoms with Crippen LogP contribution in [0.4, 0.5) is 0 Å². The predicted octanol–water partition coefficient (Wildman–Crippen LogP) is 4.14. The van der Waals surface area contributed by atoms with Crippen LogP contribution in [0.3, 0.4) is 0 Å². The Morgan fingerprint density at radius 1 is 1.46 bits per heavy atom. The van der Waals surface area contributed by atoms with E-state index >= 15 is 0 Å². The van der Waals surface area contributed by atoms with Crippen molar-refractivity contribution in [1.82, 2.24) is 0 Å². The molecule has 0 aliphatic heterocycles. The first-order valence-corrected chi connectivity index (χ1v) is 6.24. The fraction of sp³-hybridized carbons (Fsp3) is 0. The van der Waals surface area contributed by atoms with Gasteiger partial charge in [-0.15, -0.1) is 11.3 Å². The number of fused-ring (bicyclic) bond motifs is 1. The fourth-order valence-corrected chi connectivity index (χ4v) is 3.31. The van der Waals surface area contributed by atoms with E-state index in [0.29, 0.717) is 0 Å². The van der Waals surface area contributed by atoms with Crippen molar-refractivity contribution in [2.75, 3.05) is 0 Å². The normalized spacial score (nSPS) is 10.2. The summed E-state index contributed by atoms with van der Waals surface area (Å²) in [6, 6.07) is 6.25. The Labute approximate surface area is 102 Å². The molecular formula is C9H3BrINS. The second-order valence-corrected chi connectivity index (χ2v) is 5.34. The maximum atomic E-state index is 8.88. The Bertz CT molecular complexity index is 512. The first-order chi connectivity index (χ1) is 6.24. The first kappa shape index (κ1) is 9.44. The molecule has 1 aromatic heterocycles. The minimum atomic E-state index is 0.769. The van der Waals surface area contributed by atoms with E-state index in [0.717, 1.165) is 19.0 Å². The average molecular weight is 364 g/mol. The van der Waals surface area contributed by atoms with Crippen molar-refractivity contribution in [3.05, 3.63) is 31.1 Å². The van der Waals surface area contributed by atoms with E-state index in [9.17, 15) is 0 Å². The highest BCUT2D eigenvalue weighted by Gasteiger charge is 2.09. The van der Waals surface area contributed by atoms with Crippen LogP contribution in [0.2, 0.25) is 0 Å². The lowest BCUT2D eigenvalue weighted by Crippen LogP contribution is -1.78. The summed E-state index contributed by atoms with van der Waals surface area (Å²) in [6.07, 6.45) is 0. The molecule has 0 bridgehead atoms. The van der Waals surface area contributed by atoms with E-state index in [-0.39, 0.29) is 0 Å². The number of rotatable bonds is 0. The van der Waals surface area contributed by atoms with E-state index in [2.05, 4.69) is 44.6 Å². The molecule has 1 heterocycles. The number of nitrogens with zero attached hydrogens (tertiary/aromatic N) is 1. The second kappa shape index (κ2) is 3.56. The smallest absolute Gasteiger partial charge is 0.101 e. The van der Waals surface area contributed by atoms with Crippen molar-refractivity contribution in [2.24, 2.45) is 0 Å². The van der Waals surface area contributed by atoms with Gasteiger partial charge in [0.1, 0.15) is 6.07 Å². The predicted molar refractivity (Wildman–Crippen MR) is 67.0 cm³/mol. The second-order valence-electron chi connectivity index (χ2n) is 2.50. The number of benzene rings is 1. The Hall–Kier alpha value is -0.120. The van der Waals surface area contributed by atoms with Crippen LogP contribution in [0, 0.1) is 14.9 Å². The summed E-state index contributed by atoms with van der Waals surface area (Å²) < 4.78 is 3.34. The third-order valence-corrected chi connectivity index (χ3v) is 5.22. The molecule has 1 aromatic carbocycles. The SMILES string of the molecule is N#Cc1csc2ccc(Br)c(I)c12. The minimum Gasteiger partial charge on any atom is -0.192 e. The lowest BCUT2D eigenvalue weighted by molar-refractivity contribution is 1.51. The van der Waals surface area contributed by atoms with E-state index in [1.54, 1.807) is 11.3 Å². The Morgan fingerprint density at radius 2 is 2.23 bits per heavy atom. The van der Waals surface area contributed by atoms with Gasteiger partial charge in [-0.25, -0.2) is 0 Å². The quantitative estimate of drug-likeness (QED) is 0.645. The van der Waals surface area contributed by atoms with Crippen LogP contribution in [0.1, 0.15) is 5.56 Å². The minimum absolute atomic E-state index is 0.769. The largest absolute Gasteiger partial charge is 0.192 e. The third kappa shape index (κ3) is 1.49. The van der Waals surface area contributed by atoms with Gasteiger partial charge in [0.2, 0.25) is 0 Å². The molecule has 0 unspecified atom stereocenters. The molecule has 0 saturated heterocycles. The highest BCUT2D eigenvalue weighted by Crippen LogP contribution is 2.33. The Balaban J connectivity index is 2.95. The zero-order chi connectivity index (χ0) is 9.42. The van der Waals surface area contributed by atoms with Gasteiger partial charge in [0, 0.05) is 23.5 Å². The molecule has 0 fully saturated rings. The molecular weight excluding hydrogens is 361 g/mol. The van der Waals surface area contributed by atoms with E-state index in [4.69, 9.17) is 5.26 Å². The van der Waals surface area contributed by atoms with Crippen LogP contribution in [0.15, 0.2) is 22.0 Å². The monoisotopic (exact) mass is 363 g/mol. The summed E-state index contributed by atoms with van der Waals surface area (Å²) in [4.78, 5) is 0. The number of halogens is 2. The number of thiophene rings is 1. The van der Waals surface area contributed by atoms with Crippen LogP contribution >= 0.6 is 49.9 Å². The van der Waals surface area contributed by atoms with Gasteiger partial charge in [-0.1, -0.05) is 0 Å². The van der Waals surface area contributed by atoms with E-state index in [1.807, 2.05) is 17.5 Å². The molecule has 0 N–H and O–H groups in total. The van der Waals surface area contributed by atoms with Gasteiger partial charge in [-0.3, -0.25) is 0 Å². The zero-order valence-electron chi connectivity index (χ0n) is 6.34. The van der Waals surface area contributed by atoms with Crippen LogP contribution in [0.25, 0.3) is 10.1 Å². The van der Waals surface area contributed by atoms with Gasteiger partial charge in [-0.2, -0.15) is 5.26 Å². The van der Waals surface area contributed by atoms with Gasteiger partial charge in [-0.05, 0) is 50.7 Å². The lowest BCUT2D eigenvalue weighted by atomic mass is 10.2. The topological polar surface area (TPSA) is 23.8 Å². The molecule has 2 aromatic rings. The molecule has 1 nitrogen and oxygen atoms in total. The summed E-state index contributed by atoms with van der Waals surface area (Å²) in [5, 5.41) is 11.9. The summed E-state index contributed by atoms with van der Waals surface area (Å²) in [5.74, 6) is 0. The highest BCUT2D eigenvalue weighted by molar-refractivity contribution is 14.1. The maximum Gasteiger partial charge on any atom is 0.101 e. The van der Waals surface area contributed by atoms with Crippen LogP contribution in [-0.2, 0) is 0 Å². The van der Waals surface area contributed by atoms with E-state index < -0.39 is 0 Å². The molecule has 0 saturated carbocycles. The van der Waals surface area contributed by atoms with Crippen molar-refractivity contribution in [3.8, 4) is 6.07 Å². The molecule has 13 heavy (non-hydrogen) atoms. The van der Waals surface area contributed by atoms with Gasteiger partial charge < -0.3 is 0 Å². The van der Waals surface area contributed by atoms with Crippen LogP contribution in [-0.4, -0.2) is 0 Å². The van der Waals surface area contributed by atoms with Crippen LogP contribution < -0.4 is 0 Å². The fourth-order valence-electron chi connectivity index (χ4n) is 1.15. The standard InChI is InChI=1S/C9H3BrINS/c10-6-1-2-7-8(9(6)11)5(3-12)4-13-7/h1-2,4H. The molecule has 0 atom stereocenters. The lowest BCUT2D eigenvalue weighted by Gasteiger charge is -1.97. The van der Waals surface area contributed by atoms with Gasteiger partial charge in [0.15, 0.2) is 0 Å². The van der Waals surface area contributed by atoms with Crippen molar-refractivity contribution < 1.29 is 0 Å².